The standard InChI is InChI=1S/2C10H13I.CH4O6S2/c2*1-10(2,3)8-4-6-9(11)7-5-8;2-8(3,4)1-9(5,6)7/h2*4-7H,1-3H3;1H2,(H,2,3,4)(H,5,6,7). The van der Waals surface area contributed by atoms with Gasteiger partial charge in [-0.2, -0.15) is 16.8 Å². The fourth-order valence-corrected chi connectivity index (χ4v) is 4.31. The fraction of sp³-hybridized carbons (Fsp3) is 0.429. The van der Waals surface area contributed by atoms with E-state index in [0.717, 1.165) is 0 Å². The lowest BCUT2D eigenvalue weighted by Crippen LogP contribution is -2.13. The van der Waals surface area contributed by atoms with E-state index < -0.39 is 25.3 Å². The normalized spacial score (nSPS) is 12.2. The first kappa shape index (κ1) is 30.7. The third-order valence-corrected chi connectivity index (χ3v) is 7.54. The predicted molar refractivity (Wildman–Crippen MR) is 144 cm³/mol. The summed E-state index contributed by atoms with van der Waals surface area (Å²) < 4.78 is 56.8. The van der Waals surface area contributed by atoms with Gasteiger partial charge >= 0.3 is 0 Å². The quantitative estimate of drug-likeness (QED) is 0.300. The van der Waals surface area contributed by atoms with Crippen LogP contribution in [0.4, 0.5) is 0 Å². The van der Waals surface area contributed by atoms with Crippen LogP contribution in [0.3, 0.4) is 0 Å². The summed E-state index contributed by atoms with van der Waals surface area (Å²) in [5.74, 6) is 0. The van der Waals surface area contributed by atoms with Gasteiger partial charge in [0.1, 0.15) is 0 Å². The Balaban J connectivity index is 0.000000439. The van der Waals surface area contributed by atoms with E-state index >= 15 is 0 Å². The Morgan fingerprint density at radius 2 is 0.839 bits per heavy atom. The Labute approximate surface area is 214 Å². The summed E-state index contributed by atoms with van der Waals surface area (Å²) in [7, 11) is -9.24. The first-order chi connectivity index (χ1) is 13.7. The first-order valence-corrected chi connectivity index (χ1v) is 14.5. The largest absolute Gasteiger partial charge is 0.285 e. The highest BCUT2D eigenvalue weighted by atomic mass is 127. The molecule has 176 valence electrons. The van der Waals surface area contributed by atoms with Crippen molar-refractivity contribution in [3.63, 3.8) is 0 Å². The van der Waals surface area contributed by atoms with Crippen LogP contribution in [0.1, 0.15) is 52.7 Å². The van der Waals surface area contributed by atoms with E-state index in [1.807, 2.05) is 0 Å². The average molecular weight is 696 g/mol. The van der Waals surface area contributed by atoms with Crippen molar-refractivity contribution in [3.8, 4) is 0 Å². The summed E-state index contributed by atoms with van der Waals surface area (Å²) in [6, 6.07) is 17.4. The molecular weight excluding hydrogens is 666 g/mol. The van der Waals surface area contributed by atoms with Crippen molar-refractivity contribution in [2.45, 2.75) is 52.4 Å². The number of halogens is 2. The monoisotopic (exact) mass is 696 g/mol. The van der Waals surface area contributed by atoms with E-state index in [9.17, 15) is 16.8 Å². The second kappa shape index (κ2) is 12.3. The molecule has 0 fully saturated rings. The molecule has 2 aromatic carbocycles. The second-order valence-electron chi connectivity index (χ2n) is 8.80. The SMILES string of the molecule is CC(C)(C)c1ccc(I)cc1.CC(C)(C)c1ccc(I)cc1.O=S(=O)(O)CS(=O)(=O)O. The molecule has 0 bridgehead atoms. The molecule has 0 aliphatic carbocycles. The van der Waals surface area contributed by atoms with Crippen molar-refractivity contribution >= 4 is 65.4 Å². The molecule has 0 atom stereocenters. The molecular formula is C21H30I2O6S2. The lowest BCUT2D eigenvalue weighted by molar-refractivity contribution is 0.471. The molecule has 0 saturated heterocycles. The summed E-state index contributed by atoms with van der Waals surface area (Å²) in [4.78, 5) is 0. The van der Waals surface area contributed by atoms with Gasteiger partial charge in [0.05, 0.1) is 0 Å². The molecule has 0 heterocycles. The average Bonchev–Trinajstić information content (AvgIpc) is 2.51. The van der Waals surface area contributed by atoms with Crippen molar-refractivity contribution in [3.05, 3.63) is 66.8 Å². The molecule has 0 aliphatic heterocycles. The van der Waals surface area contributed by atoms with Gasteiger partial charge in [0.15, 0.2) is 0 Å². The Bertz CT molecular complexity index is 932. The molecule has 0 spiro atoms. The lowest BCUT2D eigenvalue weighted by atomic mass is 9.87. The summed E-state index contributed by atoms with van der Waals surface area (Å²) >= 11 is 4.65. The Morgan fingerprint density at radius 1 is 0.613 bits per heavy atom. The zero-order chi connectivity index (χ0) is 24.7. The summed E-state index contributed by atoms with van der Waals surface area (Å²) in [5, 5.41) is -1.65. The van der Waals surface area contributed by atoms with Crippen LogP contribution in [0, 0.1) is 7.14 Å². The highest BCUT2D eigenvalue weighted by Crippen LogP contribution is 2.23. The molecule has 0 saturated carbocycles. The zero-order valence-corrected chi connectivity index (χ0v) is 24.4. The van der Waals surface area contributed by atoms with Crippen LogP contribution in [0.15, 0.2) is 48.5 Å². The van der Waals surface area contributed by atoms with Crippen LogP contribution in [0.5, 0.6) is 0 Å². The van der Waals surface area contributed by atoms with Gasteiger partial charge in [0, 0.05) is 7.14 Å². The number of hydrogen-bond acceptors (Lipinski definition) is 4. The minimum absolute atomic E-state index is 0.282. The number of rotatable bonds is 2. The number of hydrogen-bond donors (Lipinski definition) is 2. The lowest BCUT2D eigenvalue weighted by Gasteiger charge is -2.18. The molecule has 2 N–H and O–H groups in total. The van der Waals surface area contributed by atoms with E-state index in [1.54, 1.807) is 0 Å². The topological polar surface area (TPSA) is 109 Å². The van der Waals surface area contributed by atoms with Crippen molar-refractivity contribution in [1.82, 2.24) is 0 Å². The van der Waals surface area contributed by atoms with E-state index in [0.29, 0.717) is 0 Å². The molecule has 10 heteroatoms. The predicted octanol–water partition coefficient (Wildman–Crippen LogP) is 5.90. The molecule has 0 amide bonds. The van der Waals surface area contributed by atoms with E-state index in [-0.39, 0.29) is 10.8 Å². The summed E-state index contributed by atoms with van der Waals surface area (Å²) in [5.41, 5.74) is 3.37. The molecule has 2 rings (SSSR count). The molecule has 2 aromatic rings. The van der Waals surface area contributed by atoms with Crippen molar-refractivity contribution in [2.75, 3.05) is 5.08 Å². The van der Waals surface area contributed by atoms with Crippen LogP contribution in [0.25, 0.3) is 0 Å². The van der Waals surface area contributed by atoms with Gasteiger partial charge in [-0.3, -0.25) is 9.11 Å². The minimum atomic E-state index is -4.62. The van der Waals surface area contributed by atoms with Crippen molar-refractivity contribution in [2.24, 2.45) is 0 Å². The van der Waals surface area contributed by atoms with Gasteiger partial charge in [-0.15, -0.1) is 0 Å². The molecule has 0 unspecified atom stereocenters. The molecule has 31 heavy (non-hydrogen) atoms. The van der Waals surface area contributed by atoms with E-state index in [1.165, 1.54) is 18.3 Å². The highest BCUT2D eigenvalue weighted by Gasteiger charge is 2.15. The maximum absolute atomic E-state index is 9.66. The summed E-state index contributed by atoms with van der Waals surface area (Å²) in [6.45, 7) is 13.4. The van der Waals surface area contributed by atoms with Gasteiger partial charge in [-0.1, -0.05) is 65.8 Å². The fourth-order valence-electron chi connectivity index (χ4n) is 2.09. The van der Waals surface area contributed by atoms with Gasteiger partial charge < -0.3 is 0 Å². The minimum Gasteiger partial charge on any atom is -0.285 e. The third-order valence-electron chi connectivity index (χ3n) is 3.72. The maximum Gasteiger partial charge on any atom is 0.281 e. The van der Waals surface area contributed by atoms with Gasteiger partial charge in [0.25, 0.3) is 20.2 Å². The van der Waals surface area contributed by atoms with E-state index in [4.69, 9.17) is 9.11 Å². The Kier molecular flexibility index (Phi) is 12.1. The first-order valence-electron chi connectivity index (χ1n) is 9.13. The second-order valence-corrected chi connectivity index (χ2v) is 14.6. The maximum atomic E-state index is 9.66. The van der Waals surface area contributed by atoms with Crippen molar-refractivity contribution < 1.29 is 25.9 Å². The highest BCUT2D eigenvalue weighted by molar-refractivity contribution is 14.1. The van der Waals surface area contributed by atoms with Gasteiger partial charge in [-0.05, 0) is 91.4 Å². The Hall–Kier alpha value is -0.280. The van der Waals surface area contributed by atoms with Crippen LogP contribution in [-0.4, -0.2) is 31.0 Å². The van der Waals surface area contributed by atoms with Crippen LogP contribution in [-0.2, 0) is 31.1 Å². The molecule has 0 aromatic heterocycles. The van der Waals surface area contributed by atoms with Gasteiger partial charge in [0.2, 0.25) is 5.08 Å². The number of benzene rings is 2. The van der Waals surface area contributed by atoms with Crippen LogP contribution >= 0.6 is 45.2 Å². The third kappa shape index (κ3) is 16.1. The Morgan fingerprint density at radius 3 is 0.968 bits per heavy atom. The van der Waals surface area contributed by atoms with E-state index in [2.05, 4.69) is 135 Å². The summed E-state index contributed by atoms with van der Waals surface area (Å²) in [6.07, 6.45) is 0. The molecule has 0 aliphatic rings. The molecule has 6 nitrogen and oxygen atoms in total. The smallest absolute Gasteiger partial charge is 0.281 e. The van der Waals surface area contributed by atoms with Crippen molar-refractivity contribution in [1.29, 1.82) is 0 Å². The van der Waals surface area contributed by atoms with Gasteiger partial charge in [-0.25, -0.2) is 0 Å². The van der Waals surface area contributed by atoms with Crippen LogP contribution < -0.4 is 0 Å². The zero-order valence-electron chi connectivity index (χ0n) is 18.4. The van der Waals surface area contributed by atoms with Crippen LogP contribution in [0.2, 0.25) is 0 Å². The molecule has 0 radical (unpaired) electrons.